The molecule has 0 aliphatic carbocycles. The first-order valence-corrected chi connectivity index (χ1v) is 9.92. The second-order valence-electron chi connectivity index (χ2n) is 7.33. The summed E-state index contributed by atoms with van der Waals surface area (Å²) in [6.45, 7) is 6.50. The lowest BCUT2D eigenvalue weighted by Crippen LogP contribution is -2.49. The van der Waals surface area contributed by atoms with Gasteiger partial charge >= 0.3 is 0 Å². The highest BCUT2D eigenvalue weighted by molar-refractivity contribution is 5.94. The summed E-state index contributed by atoms with van der Waals surface area (Å²) in [5, 5.41) is 0. The van der Waals surface area contributed by atoms with E-state index < -0.39 is 0 Å². The van der Waals surface area contributed by atoms with Crippen molar-refractivity contribution in [1.82, 2.24) is 33.8 Å². The van der Waals surface area contributed by atoms with Crippen LogP contribution in [0.3, 0.4) is 0 Å². The minimum atomic E-state index is 0.0169. The third kappa shape index (κ3) is 3.08. The van der Waals surface area contributed by atoms with Gasteiger partial charge < -0.3 is 9.80 Å². The fourth-order valence-corrected chi connectivity index (χ4v) is 3.92. The van der Waals surface area contributed by atoms with E-state index in [2.05, 4.69) is 24.8 Å². The molecule has 30 heavy (non-hydrogen) atoms. The Morgan fingerprint density at radius 1 is 0.967 bits per heavy atom. The van der Waals surface area contributed by atoms with Gasteiger partial charge in [-0.25, -0.2) is 19.9 Å². The molecule has 0 saturated carbocycles. The van der Waals surface area contributed by atoms with Crippen LogP contribution in [0.5, 0.6) is 0 Å². The van der Waals surface area contributed by atoms with E-state index in [4.69, 9.17) is 0 Å². The molecule has 1 aliphatic heterocycles. The molecular formula is C21H22N8O. The molecule has 0 atom stereocenters. The summed E-state index contributed by atoms with van der Waals surface area (Å²) in [6.07, 6.45) is 7.10. The lowest BCUT2D eigenvalue weighted by Gasteiger charge is -2.35. The molecule has 0 N–H and O–H groups in total. The predicted octanol–water partition coefficient (Wildman–Crippen LogP) is 1.89. The van der Waals surface area contributed by atoms with Crippen LogP contribution in [-0.4, -0.2) is 65.9 Å². The van der Waals surface area contributed by atoms with E-state index in [1.54, 1.807) is 12.5 Å². The Hall–Kier alpha value is -3.75. The maximum Gasteiger partial charge on any atom is 0.272 e. The molecule has 0 radical (unpaired) electrons. The van der Waals surface area contributed by atoms with Gasteiger partial charge in [0.1, 0.15) is 35.1 Å². The lowest BCUT2D eigenvalue weighted by molar-refractivity contribution is 0.0738. The van der Waals surface area contributed by atoms with Gasteiger partial charge in [0.25, 0.3) is 5.91 Å². The van der Waals surface area contributed by atoms with Crippen LogP contribution in [0.1, 0.15) is 22.0 Å². The Kier molecular flexibility index (Phi) is 4.42. The monoisotopic (exact) mass is 402 g/mol. The topological polar surface area (TPSA) is 84.5 Å². The molecule has 5 rings (SSSR count). The third-order valence-corrected chi connectivity index (χ3v) is 5.51. The molecule has 1 amide bonds. The summed E-state index contributed by atoms with van der Waals surface area (Å²) in [5.74, 6) is 2.53. The second kappa shape index (κ2) is 7.25. The number of aromatic nitrogens is 6. The Balaban J connectivity index is 1.33. The Morgan fingerprint density at radius 3 is 2.53 bits per heavy atom. The standard InChI is InChI=1S/C21H22N8O/c1-15-20(29-7-4-3-5-17(29)25-15)21(30)27-11-9-26(10-12-27)18-13-19(24-14-23-18)28-8-6-22-16(28)2/h3-8,13-14H,9-12H2,1-2H3. The molecule has 9 heteroatoms. The zero-order valence-electron chi connectivity index (χ0n) is 16.9. The summed E-state index contributed by atoms with van der Waals surface area (Å²) < 4.78 is 3.80. The number of carbonyl (C=O) groups is 1. The average molecular weight is 402 g/mol. The summed E-state index contributed by atoms with van der Waals surface area (Å²) in [5.41, 5.74) is 2.18. The molecule has 4 aromatic rings. The summed E-state index contributed by atoms with van der Waals surface area (Å²) >= 11 is 0. The van der Waals surface area contributed by atoms with Crippen molar-refractivity contribution in [2.75, 3.05) is 31.1 Å². The molecule has 0 bridgehead atoms. The van der Waals surface area contributed by atoms with E-state index in [1.165, 1.54) is 0 Å². The molecule has 1 aliphatic rings. The van der Waals surface area contributed by atoms with Gasteiger partial charge in [0.15, 0.2) is 0 Å². The molecular weight excluding hydrogens is 380 g/mol. The number of rotatable bonds is 3. The molecule has 5 heterocycles. The van der Waals surface area contributed by atoms with Gasteiger partial charge in [-0.15, -0.1) is 0 Å². The third-order valence-electron chi connectivity index (χ3n) is 5.51. The molecule has 4 aromatic heterocycles. The Morgan fingerprint density at radius 2 is 1.77 bits per heavy atom. The van der Waals surface area contributed by atoms with E-state index in [0.717, 1.165) is 28.8 Å². The lowest BCUT2D eigenvalue weighted by atomic mass is 10.2. The Labute approximate surface area is 173 Å². The first kappa shape index (κ1) is 18.3. The normalized spacial score (nSPS) is 14.5. The molecule has 9 nitrogen and oxygen atoms in total. The minimum Gasteiger partial charge on any atom is -0.353 e. The van der Waals surface area contributed by atoms with Crippen molar-refractivity contribution in [3.05, 3.63) is 66.4 Å². The van der Waals surface area contributed by atoms with Gasteiger partial charge in [0.05, 0.1) is 5.69 Å². The van der Waals surface area contributed by atoms with Crippen molar-refractivity contribution in [2.45, 2.75) is 13.8 Å². The SMILES string of the molecule is Cc1nc2ccccn2c1C(=O)N1CCN(c2cc(-n3ccnc3C)ncn2)CC1. The summed E-state index contributed by atoms with van der Waals surface area (Å²) in [4.78, 5) is 34.8. The van der Waals surface area contributed by atoms with Crippen LogP contribution in [0.15, 0.2) is 49.2 Å². The highest BCUT2D eigenvalue weighted by Gasteiger charge is 2.26. The van der Waals surface area contributed by atoms with Gasteiger partial charge in [-0.3, -0.25) is 13.8 Å². The molecule has 0 spiro atoms. The number of imidazole rings is 2. The van der Waals surface area contributed by atoms with Gasteiger partial charge in [-0.2, -0.15) is 0 Å². The second-order valence-corrected chi connectivity index (χ2v) is 7.33. The number of hydrogen-bond donors (Lipinski definition) is 0. The van der Waals surface area contributed by atoms with Crippen molar-refractivity contribution in [3.8, 4) is 5.82 Å². The minimum absolute atomic E-state index is 0.0169. The number of hydrogen-bond acceptors (Lipinski definition) is 6. The van der Waals surface area contributed by atoms with Gasteiger partial charge in [-0.1, -0.05) is 6.07 Å². The van der Waals surface area contributed by atoms with Gasteiger partial charge in [0.2, 0.25) is 0 Å². The first-order chi connectivity index (χ1) is 14.6. The summed E-state index contributed by atoms with van der Waals surface area (Å²) in [7, 11) is 0. The van der Waals surface area contributed by atoms with Crippen molar-refractivity contribution >= 4 is 17.4 Å². The van der Waals surface area contributed by atoms with Crippen molar-refractivity contribution in [3.63, 3.8) is 0 Å². The molecule has 0 unspecified atom stereocenters. The van der Waals surface area contributed by atoms with Crippen LogP contribution < -0.4 is 4.90 Å². The van der Waals surface area contributed by atoms with Crippen LogP contribution in [0.25, 0.3) is 11.5 Å². The number of piperazine rings is 1. The molecule has 1 saturated heterocycles. The van der Waals surface area contributed by atoms with Crippen LogP contribution in [-0.2, 0) is 0 Å². The fourth-order valence-electron chi connectivity index (χ4n) is 3.92. The first-order valence-electron chi connectivity index (χ1n) is 9.92. The number of pyridine rings is 1. The van der Waals surface area contributed by atoms with E-state index in [9.17, 15) is 4.79 Å². The highest BCUT2D eigenvalue weighted by atomic mass is 16.2. The zero-order chi connectivity index (χ0) is 20.7. The molecule has 152 valence electrons. The van der Waals surface area contributed by atoms with Crippen molar-refractivity contribution in [1.29, 1.82) is 0 Å². The van der Waals surface area contributed by atoms with E-state index in [-0.39, 0.29) is 5.91 Å². The number of amides is 1. The molecule has 1 fully saturated rings. The van der Waals surface area contributed by atoms with E-state index in [1.807, 2.05) is 64.4 Å². The number of nitrogens with zero attached hydrogens (tertiary/aromatic N) is 8. The van der Waals surface area contributed by atoms with E-state index >= 15 is 0 Å². The van der Waals surface area contributed by atoms with Crippen LogP contribution in [0.4, 0.5) is 5.82 Å². The van der Waals surface area contributed by atoms with Gasteiger partial charge in [-0.05, 0) is 26.0 Å². The van der Waals surface area contributed by atoms with Crippen LogP contribution in [0, 0.1) is 13.8 Å². The number of fused-ring (bicyclic) bond motifs is 1. The smallest absolute Gasteiger partial charge is 0.272 e. The van der Waals surface area contributed by atoms with Gasteiger partial charge in [0, 0.05) is 50.8 Å². The number of anilines is 1. The van der Waals surface area contributed by atoms with E-state index in [0.29, 0.717) is 31.9 Å². The number of carbonyl (C=O) groups excluding carboxylic acids is 1. The average Bonchev–Trinajstić information content (AvgIpc) is 3.35. The Bertz CT molecular complexity index is 1220. The van der Waals surface area contributed by atoms with Crippen molar-refractivity contribution in [2.24, 2.45) is 0 Å². The predicted molar refractivity (Wildman–Crippen MR) is 112 cm³/mol. The fraction of sp³-hybridized carbons (Fsp3) is 0.286. The maximum atomic E-state index is 13.2. The maximum absolute atomic E-state index is 13.2. The number of aryl methyl sites for hydroxylation is 2. The largest absolute Gasteiger partial charge is 0.353 e. The molecule has 0 aromatic carbocycles. The quantitative estimate of drug-likeness (QED) is 0.520. The van der Waals surface area contributed by atoms with Crippen LogP contribution >= 0.6 is 0 Å². The van der Waals surface area contributed by atoms with Crippen LogP contribution in [0.2, 0.25) is 0 Å². The highest BCUT2D eigenvalue weighted by Crippen LogP contribution is 2.19. The summed E-state index contributed by atoms with van der Waals surface area (Å²) in [6, 6.07) is 7.71. The van der Waals surface area contributed by atoms with Crippen molar-refractivity contribution < 1.29 is 4.79 Å². The zero-order valence-corrected chi connectivity index (χ0v) is 16.9.